The Morgan fingerprint density at radius 2 is 1.58 bits per heavy atom. The average molecular weight is 455 g/mol. The molecule has 33 heavy (non-hydrogen) atoms. The van der Waals surface area contributed by atoms with Gasteiger partial charge in [0.1, 0.15) is 11.6 Å². The predicted molar refractivity (Wildman–Crippen MR) is 125 cm³/mol. The fourth-order valence-electron chi connectivity index (χ4n) is 3.16. The van der Waals surface area contributed by atoms with Crippen molar-refractivity contribution < 1.29 is 8.42 Å². The Balaban J connectivity index is 1.66. The molecule has 3 aromatic carbocycles. The number of H-pyrrole nitrogens is 1. The second kappa shape index (κ2) is 9.30. The van der Waals surface area contributed by atoms with E-state index in [2.05, 4.69) is 20.5 Å². The topological polar surface area (TPSA) is 128 Å². The Hall–Kier alpha value is -4.55. The highest BCUT2D eigenvalue weighted by molar-refractivity contribution is 7.91. The van der Waals surface area contributed by atoms with E-state index < -0.39 is 15.4 Å². The van der Waals surface area contributed by atoms with E-state index in [4.69, 9.17) is 0 Å². The van der Waals surface area contributed by atoms with Gasteiger partial charge in [-0.05, 0) is 18.2 Å². The Bertz CT molecular complexity index is 1520. The SMILES string of the molecule is N#Cc1c(-c2ccccc2)nc(NN=Cc2ccccc2S(=O)(=O)c2ccccc2)[nH]c1=O. The average Bonchev–Trinajstić information content (AvgIpc) is 2.85. The summed E-state index contributed by atoms with van der Waals surface area (Å²) in [6.07, 6.45) is 1.33. The van der Waals surface area contributed by atoms with Crippen LogP contribution in [0.4, 0.5) is 5.95 Å². The lowest BCUT2D eigenvalue weighted by Crippen LogP contribution is -2.16. The van der Waals surface area contributed by atoms with Gasteiger partial charge < -0.3 is 0 Å². The van der Waals surface area contributed by atoms with Gasteiger partial charge in [0.05, 0.1) is 21.7 Å². The quantitative estimate of drug-likeness (QED) is 0.338. The summed E-state index contributed by atoms with van der Waals surface area (Å²) in [4.78, 5) is 19.4. The van der Waals surface area contributed by atoms with E-state index in [9.17, 15) is 18.5 Å². The molecule has 0 amide bonds. The highest BCUT2D eigenvalue weighted by atomic mass is 32.2. The Morgan fingerprint density at radius 3 is 2.27 bits per heavy atom. The first-order valence-corrected chi connectivity index (χ1v) is 11.3. The first-order valence-electron chi connectivity index (χ1n) is 9.79. The van der Waals surface area contributed by atoms with E-state index in [1.807, 2.05) is 12.1 Å². The van der Waals surface area contributed by atoms with Crippen molar-refractivity contribution in [3.05, 3.63) is 106 Å². The zero-order valence-electron chi connectivity index (χ0n) is 17.1. The third-order valence-electron chi connectivity index (χ3n) is 4.71. The van der Waals surface area contributed by atoms with Crippen molar-refractivity contribution >= 4 is 22.0 Å². The number of hydrogen-bond donors (Lipinski definition) is 2. The predicted octanol–water partition coefficient (Wildman–Crippen LogP) is 3.59. The molecule has 0 saturated carbocycles. The van der Waals surface area contributed by atoms with Crippen LogP contribution in [0.3, 0.4) is 0 Å². The van der Waals surface area contributed by atoms with Gasteiger partial charge in [-0.1, -0.05) is 66.7 Å². The Morgan fingerprint density at radius 1 is 0.939 bits per heavy atom. The summed E-state index contributed by atoms with van der Waals surface area (Å²) in [6, 6.07) is 25.2. The molecule has 0 aliphatic rings. The van der Waals surface area contributed by atoms with Crippen molar-refractivity contribution in [1.29, 1.82) is 5.26 Å². The molecule has 0 unspecified atom stereocenters. The minimum Gasteiger partial charge on any atom is -0.290 e. The summed E-state index contributed by atoms with van der Waals surface area (Å²) >= 11 is 0. The molecule has 0 radical (unpaired) electrons. The van der Waals surface area contributed by atoms with Crippen LogP contribution in [0.1, 0.15) is 11.1 Å². The van der Waals surface area contributed by atoms with Gasteiger partial charge in [0.2, 0.25) is 15.8 Å². The van der Waals surface area contributed by atoms with Gasteiger partial charge in [0.15, 0.2) is 0 Å². The molecule has 2 N–H and O–H groups in total. The standard InChI is InChI=1S/C24H17N5O3S/c25-15-20-22(17-9-3-1-4-10-17)27-24(28-23(20)30)29-26-16-18-11-7-8-14-21(18)33(31,32)19-12-5-2-6-13-19/h1-14,16H,(H2,27,28,29,30). The minimum atomic E-state index is -3.75. The molecule has 0 bridgehead atoms. The third-order valence-corrected chi connectivity index (χ3v) is 6.56. The van der Waals surface area contributed by atoms with E-state index in [1.165, 1.54) is 24.4 Å². The lowest BCUT2D eigenvalue weighted by molar-refractivity contribution is 0.596. The minimum absolute atomic E-state index is 0.0116. The summed E-state index contributed by atoms with van der Waals surface area (Å²) in [7, 11) is -3.75. The van der Waals surface area contributed by atoms with Gasteiger partial charge in [-0.15, -0.1) is 0 Å². The molecular weight excluding hydrogens is 438 g/mol. The van der Waals surface area contributed by atoms with Gasteiger partial charge >= 0.3 is 0 Å². The number of hydrazone groups is 1. The highest BCUT2D eigenvalue weighted by Gasteiger charge is 2.20. The number of sulfone groups is 1. The zero-order valence-corrected chi connectivity index (χ0v) is 18.0. The third kappa shape index (κ3) is 4.56. The number of aromatic nitrogens is 2. The molecule has 4 rings (SSSR count). The lowest BCUT2D eigenvalue weighted by Gasteiger charge is -2.08. The first kappa shape index (κ1) is 21.7. The van der Waals surface area contributed by atoms with E-state index in [0.717, 1.165) is 0 Å². The first-order chi connectivity index (χ1) is 16.0. The lowest BCUT2D eigenvalue weighted by atomic mass is 10.1. The number of hydrogen-bond acceptors (Lipinski definition) is 7. The van der Waals surface area contributed by atoms with Gasteiger partial charge in [-0.3, -0.25) is 9.78 Å². The number of benzene rings is 3. The maximum Gasteiger partial charge on any atom is 0.270 e. The van der Waals surface area contributed by atoms with Crippen LogP contribution < -0.4 is 11.0 Å². The highest BCUT2D eigenvalue weighted by Crippen LogP contribution is 2.23. The molecular formula is C24H17N5O3S. The van der Waals surface area contributed by atoms with Gasteiger partial charge in [-0.2, -0.15) is 10.4 Å². The van der Waals surface area contributed by atoms with Gasteiger partial charge in [0.25, 0.3) is 5.56 Å². The molecule has 0 fully saturated rings. The molecule has 8 nitrogen and oxygen atoms in total. The Labute approximate surface area is 189 Å². The van der Waals surface area contributed by atoms with Crippen LogP contribution in [-0.2, 0) is 9.84 Å². The fraction of sp³-hybridized carbons (Fsp3) is 0. The normalized spacial score (nSPS) is 11.2. The summed E-state index contributed by atoms with van der Waals surface area (Å²) in [5.41, 5.74) is 3.05. The summed E-state index contributed by atoms with van der Waals surface area (Å²) < 4.78 is 26.1. The van der Waals surface area contributed by atoms with Crippen molar-refractivity contribution in [3.63, 3.8) is 0 Å². The Kier molecular flexibility index (Phi) is 6.11. The van der Waals surface area contributed by atoms with Gasteiger partial charge in [-0.25, -0.2) is 18.8 Å². The van der Waals surface area contributed by atoms with E-state index in [1.54, 1.807) is 60.7 Å². The number of aromatic amines is 1. The van der Waals surface area contributed by atoms with Crippen molar-refractivity contribution in [2.24, 2.45) is 5.10 Å². The molecule has 9 heteroatoms. The van der Waals surface area contributed by atoms with Gasteiger partial charge in [0, 0.05) is 11.1 Å². The number of nitriles is 1. The molecule has 0 spiro atoms. The number of rotatable bonds is 6. The fourth-order valence-corrected chi connectivity index (χ4v) is 4.61. The number of nitrogens with zero attached hydrogens (tertiary/aromatic N) is 3. The van der Waals surface area contributed by atoms with Crippen LogP contribution in [-0.4, -0.2) is 24.6 Å². The molecule has 0 atom stereocenters. The van der Waals surface area contributed by atoms with Crippen molar-refractivity contribution in [2.45, 2.75) is 9.79 Å². The van der Waals surface area contributed by atoms with E-state index in [-0.39, 0.29) is 27.0 Å². The summed E-state index contributed by atoms with van der Waals surface area (Å²) in [5.74, 6) is 0.0116. The molecule has 1 heterocycles. The van der Waals surface area contributed by atoms with Crippen LogP contribution in [0, 0.1) is 11.3 Å². The molecule has 0 saturated heterocycles. The molecule has 4 aromatic rings. The van der Waals surface area contributed by atoms with Crippen LogP contribution >= 0.6 is 0 Å². The van der Waals surface area contributed by atoms with E-state index in [0.29, 0.717) is 11.1 Å². The van der Waals surface area contributed by atoms with Crippen LogP contribution in [0.25, 0.3) is 11.3 Å². The smallest absolute Gasteiger partial charge is 0.270 e. The molecule has 162 valence electrons. The molecule has 0 aliphatic carbocycles. The van der Waals surface area contributed by atoms with Crippen molar-refractivity contribution in [1.82, 2.24) is 9.97 Å². The largest absolute Gasteiger partial charge is 0.290 e. The molecule has 0 aliphatic heterocycles. The number of nitrogens with one attached hydrogen (secondary N) is 2. The van der Waals surface area contributed by atoms with Crippen LogP contribution in [0.15, 0.2) is 105 Å². The van der Waals surface area contributed by atoms with Crippen molar-refractivity contribution in [3.8, 4) is 17.3 Å². The van der Waals surface area contributed by atoms with E-state index >= 15 is 0 Å². The maximum absolute atomic E-state index is 13.0. The van der Waals surface area contributed by atoms with Crippen LogP contribution in [0.5, 0.6) is 0 Å². The second-order valence-electron chi connectivity index (χ2n) is 6.84. The monoisotopic (exact) mass is 455 g/mol. The summed E-state index contributed by atoms with van der Waals surface area (Å²) in [5, 5.41) is 13.4. The van der Waals surface area contributed by atoms with Crippen LogP contribution in [0.2, 0.25) is 0 Å². The maximum atomic E-state index is 13.0. The molecule has 1 aromatic heterocycles. The zero-order chi connectivity index (χ0) is 23.3. The second-order valence-corrected chi connectivity index (χ2v) is 8.76. The number of anilines is 1. The summed E-state index contributed by atoms with van der Waals surface area (Å²) in [6.45, 7) is 0. The van der Waals surface area contributed by atoms with Crippen molar-refractivity contribution in [2.75, 3.05) is 5.43 Å².